The number of aryl methyl sites for hydroxylation is 3. The van der Waals surface area contributed by atoms with E-state index in [-0.39, 0.29) is 24.0 Å². The number of hydrogen-bond donors (Lipinski definition) is 2. The van der Waals surface area contributed by atoms with Crippen molar-refractivity contribution in [1.29, 1.82) is 0 Å². The highest BCUT2D eigenvalue weighted by atomic mass is 32.1. The molecular formula is C13H18N2O2S. The Bertz CT molecular complexity index is 472. The van der Waals surface area contributed by atoms with Crippen molar-refractivity contribution < 1.29 is 9.53 Å². The highest BCUT2D eigenvalue weighted by Crippen LogP contribution is 2.22. The van der Waals surface area contributed by atoms with Gasteiger partial charge in [0.1, 0.15) is 5.75 Å². The molecule has 0 atom stereocenters. The quantitative estimate of drug-likeness (QED) is 0.791. The van der Waals surface area contributed by atoms with Crippen LogP contribution < -0.4 is 15.8 Å². The van der Waals surface area contributed by atoms with Gasteiger partial charge in [-0.15, -0.1) is 0 Å². The second kappa shape index (κ2) is 6.35. The smallest absolute Gasteiger partial charge is 0.258 e. The number of thiocarbonyl (C=S) groups is 1. The zero-order valence-electron chi connectivity index (χ0n) is 10.9. The molecule has 0 spiro atoms. The van der Waals surface area contributed by atoms with Gasteiger partial charge >= 0.3 is 0 Å². The maximum atomic E-state index is 11.4. The van der Waals surface area contributed by atoms with E-state index in [0.717, 1.165) is 16.9 Å². The van der Waals surface area contributed by atoms with Gasteiger partial charge in [-0.3, -0.25) is 4.79 Å². The summed E-state index contributed by atoms with van der Waals surface area (Å²) in [6.45, 7) is 6.17. The number of nitrogens with one attached hydrogen (secondary N) is 1. The molecule has 98 valence electrons. The van der Waals surface area contributed by atoms with Crippen LogP contribution in [0, 0.1) is 20.8 Å². The number of carbonyl (C=O) groups excluding carboxylic acids is 1. The lowest BCUT2D eigenvalue weighted by atomic mass is 10.1. The van der Waals surface area contributed by atoms with Crippen molar-refractivity contribution in [2.24, 2.45) is 5.73 Å². The molecule has 0 fully saturated rings. The average molecular weight is 266 g/mol. The van der Waals surface area contributed by atoms with Gasteiger partial charge in [-0.05, 0) is 43.5 Å². The van der Waals surface area contributed by atoms with E-state index in [0.29, 0.717) is 0 Å². The Morgan fingerprint density at radius 2 is 1.89 bits per heavy atom. The molecule has 0 aliphatic rings. The van der Waals surface area contributed by atoms with Gasteiger partial charge in [-0.1, -0.05) is 18.3 Å². The maximum absolute atomic E-state index is 11.4. The molecule has 0 unspecified atom stereocenters. The standard InChI is InChI=1S/C13H18N2O2S/c1-8-4-10(3)11(5-9(8)2)17-7-13(16)15-6-12(14)18/h4-5H,6-7H2,1-3H3,(H2,14,18)(H,15,16). The van der Waals surface area contributed by atoms with Gasteiger partial charge in [0.15, 0.2) is 6.61 Å². The molecule has 18 heavy (non-hydrogen) atoms. The summed E-state index contributed by atoms with van der Waals surface area (Å²) in [5, 5.41) is 2.57. The Labute approximate surface area is 113 Å². The van der Waals surface area contributed by atoms with Crippen LogP contribution in [0.5, 0.6) is 5.75 Å². The average Bonchev–Trinajstić information content (AvgIpc) is 2.29. The highest BCUT2D eigenvalue weighted by Gasteiger charge is 2.06. The summed E-state index contributed by atoms with van der Waals surface area (Å²) in [5.74, 6) is 0.490. The van der Waals surface area contributed by atoms with Gasteiger partial charge in [0.05, 0.1) is 11.5 Å². The number of carbonyl (C=O) groups is 1. The van der Waals surface area contributed by atoms with Gasteiger partial charge in [-0.25, -0.2) is 0 Å². The summed E-state index contributed by atoms with van der Waals surface area (Å²) in [7, 11) is 0. The largest absolute Gasteiger partial charge is 0.483 e. The SMILES string of the molecule is Cc1cc(C)c(OCC(=O)NCC(N)=S)cc1C. The number of rotatable bonds is 5. The number of ether oxygens (including phenoxy) is 1. The molecule has 0 saturated heterocycles. The number of nitrogens with two attached hydrogens (primary N) is 1. The first-order chi connectivity index (χ1) is 8.40. The third-order valence-corrected chi connectivity index (χ3v) is 2.75. The second-order valence-electron chi connectivity index (χ2n) is 4.23. The minimum Gasteiger partial charge on any atom is -0.483 e. The molecule has 0 aromatic heterocycles. The first-order valence-corrected chi connectivity index (χ1v) is 6.06. The van der Waals surface area contributed by atoms with E-state index >= 15 is 0 Å². The molecule has 1 rings (SSSR count). The Kier molecular flexibility index (Phi) is 5.09. The van der Waals surface area contributed by atoms with Gasteiger partial charge < -0.3 is 15.8 Å². The second-order valence-corrected chi connectivity index (χ2v) is 4.76. The lowest BCUT2D eigenvalue weighted by molar-refractivity contribution is -0.122. The fourth-order valence-electron chi connectivity index (χ4n) is 1.47. The molecule has 1 aromatic rings. The number of hydrogen-bond acceptors (Lipinski definition) is 3. The van der Waals surface area contributed by atoms with Crippen molar-refractivity contribution >= 4 is 23.1 Å². The summed E-state index contributed by atoms with van der Waals surface area (Å²) in [4.78, 5) is 11.7. The molecular weight excluding hydrogens is 248 g/mol. The molecule has 1 aromatic carbocycles. The van der Waals surface area contributed by atoms with Gasteiger partial charge in [0, 0.05) is 0 Å². The molecule has 0 saturated carbocycles. The topological polar surface area (TPSA) is 64.3 Å². The van der Waals surface area contributed by atoms with Crippen molar-refractivity contribution in [3.05, 3.63) is 28.8 Å². The predicted molar refractivity (Wildman–Crippen MR) is 75.9 cm³/mol. The molecule has 3 N–H and O–H groups in total. The maximum Gasteiger partial charge on any atom is 0.258 e. The minimum atomic E-state index is -0.236. The van der Waals surface area contributed by atoms with Crippen molar-refractivity contribution in [1.82, 2.24) is 5.32 Å². The van der Waals surface area contributed by atoms with E-state index in [1.807, 2.05) is 32.9 Å². The monoisotopic (exact) mass is 266 g/mol. The summed E-state index contributed by atoms with van der Waals surface area (Å²) in [5.41, 5.74) is 8.64. The Hall–Kier alpha value is -1.62. The van der Waals surface area contributed by atoms with E-state index < -0.39 is 0 Å². The van der Waals surface area contributed by atoms with Crippen molar-refractivity contribution in [3.63, 3.8) is 0 Å². The first-order valence-electron chi connectivity index (χ1n) is 5.66. The van der Waals surface area contributed by atoms with Crippen LogP contribution in [0.15, 0.2) is 12.1 Å². The molecule has 4 nitrogen and oxygen atoms in total. The number of amides is 1. The molecule has 0 aliphatic carbocycles. The van der Waals surface area contributed by atoms with E-state index in [4.69, 9.17) is 10.5 Å². The summed E-state index contributed by atoms with van der Waals surface area (Å²) in [6.07, 6.45) is 0. The van der Waals surface area contributed by atoms with Crippen LogP contribution >= 0.6 is 12.2 Å². The van der Waals surface area contributed by atoms with Crippen LogP contribution in [0.2, 0.25) is 0 Å². The van der Waals surface area contributed by atoms with Crippen LogP contribution in [0.3, 0.4) is 0 Å². The Morgan fingerprint density at radius 1 is 1.28 bits per heavy atom. The van der Waals surface area contributed by atoms with E-state index in [1.54, 1.807) is 0 Å². The Morgan fingerprint density at radius 3 is 2.50 bits per heavy atom. The summed E-state index contributed by atoms with van der Waals surface area (Å²) in [6, 6.07) is 3.98. The lowest BCUT2D eigenvalue weighted by Crippen LogP contribution is -2.35. The lowest BCUT2D eigenvalue weighted by Gasteiger charge is -2.11. The van der Waals surface area contributed by atoms with Crippen molar-refractivity contribution in [2.45, 2.75) is 20.8 Å². The predicted octanol–water partition coefficient (Wildman–Crippen LogP) is 1.39. The van der Waals surface area contributed by atoms with E-state index in [2.05, 4.69) is 17.5 Å². The molecule has 0 aliphatic heterocycles. The zero-order valence-corrected chi connectivity index (χ0v) is 11.7. The van der Waals surface area contributed by atoms with Crippen LogP contribution in [-0.4, -0.2) is 24.0 Å². The molecule has 1 amide bonds. The van der Waals surface area contributed by atoms with E-state index in [9.17, 15) is 4.79 Å². The third-order valence-electron chi connectivity index (χ3n) is 2.61. The number of benzene rings is 1. The normalized spacial score (nSPS) is 9.94. The van der Waals surface area contributed by atoms with Crippen molar-refractivity contribution in [3.8, 4) is 5.75 Å². The first kappa shape index (κ1) is 14.4. The summed E-state index contributed by atoms with van der Waals surface area (Å²) < 4.78 is 5.47. The Balaban J connectivity index is 2.56. The highest BCUT2D eigenvalue weighted by molar-refractivity contribution is 7.80. The van der Waals surface area contributed by atoms with Gasteiger partial charge in [0.2, 0.25) is 0 Å². The fourth-order valence-corrected chi connectivity index (χ4v) is 1.54. The molecule has 5 heteroatoms. The zero-order chi connectivity index (χ0) is 13.7. The minimum absolute atomic E-state index is 0.0358. The summed E-state index contributed by atoms with van der Waals surface area (Å²) >= 11 is 4.67. The van der Waals surface area contributed by atoms with Gasteiger partial charge in [0.25, 0.3) is 5.91 Å². The van der Waals surface area contributed by atoms with Crippen LogP contribution in [0.25, 0.3) is 0 Å². The molecule has 0 bridgehead atoms. The van der Waals surface area contributed by atoms with Crippen molar-refractivity contribution in [2.75, 3.05) is 13.2 Å². The van der Waals surface area contributed by atoms with Gasteiger partial charge in [-0.2, -0.15) is 0 Å². The van der Waals surface area contributed by atoms with Crippen LogP contribution in [0.4, 0.5) is 0 Å². The molecule has 0 radical (unpaired) electrons. The van der Waals surface area contributed by atoms with Crippen LogP contribution in [0.1, 0.15) is 16.7 Å². The third kappa shape index (κ3) is 4.33. The van der Waals surface area contributed by atoms with E-state index in [1.165, 1.54) is 5.56 Å². The van der Waals surface area contributed by atoms with Crippen LogP contribution in [-0.2, 0) is 4.79 Å². The molecule has 0 heterocycles. The fraction of sp³-hybridized carbons (Fsp3) is 0.385.